The van der Waals surface area contributed by atoms with Gasteiger partial charge in [-0.2, -0.15) is 0 Å². The van der Waals surface area contributed by atoms with Crippen molar-refractivity contribution >= 4 is 15.9 Å². The van der Waals surface area contributed by atoms with E-state index in [1.165, 1.54) is 24.3 Å². The van der Waals surface area contributed by atoms with Crippen LogP contribution in [0.5, 0.6) is 0 Å². The molecule has 0 heterocycles. The second-order valence-corrected chi connectivity index (χ2v) is 7.22. The average Bonchev–Trinajstić information content (AvgIpc) is 2.42. The molecule has 3 N–H and O–H groups in total. The van der Waals surface area contributed by atoms with Crippen LogP contribution in [0.4, 0.5) is 0 Å². The Bertz CT molecular complexity index is 579. The molecule has 1 rings (SSSR count). The van der Waals surface area contributed by atoms with Crippen LogP contribution in [0.15, 0.2) is 29.2 Å². The van der Waals surface area contributed by atoms with E-state index in [1.54, 1.807) is 7.11 Å². The number of ether oxygens (including phenoxy) is 1. The topological polar surface area (TPSA) is 98.5 Å². The maximum Gasteiger partial charge on any atom is 0.251 e. The van der Waals surface area contributed by atoms with Crippen LogP contribution in [0, 0.1) is 5.41 Å². The number of rotatable bonds is 7. The van der Waals surface area contributed by atoms with Gasteiger partial charge in [-0.25, -0.2) is 13.6 Å². The zero-order valence-electron chi connectivity index (χ0n) is 12.5. The van der Waals surface area contributed by atoms with Gasteiger partial charge in [0.15, 0.2) is 0 Å². The highest BCUT2D eigenvalue weighted by Gasteiger charge is 2.19. The van der Waals surface area contributed by atoms with Gasteiger partial charge in [0.1, 0.15) is 0 Å². The van der Waals surface area contributed by atoms with Crippen molar-refractivity contribution in [1.82, 2.24) is 5.32 Å². The van der Waals surface area contributed by atoms with Crippen LogP contribution >= 0.6 is 0 Å². The minimum absolute atomic E-state index is 0.0144. The molecule has 0 fully saturated rings. The van der Waals surface area contributed by atoms with Crippen molar-refractivity contribution in [3.8, 4) is 0 Å². The van der Waals surface area contributed by atoms with Gasteiger partial charge in [0.05, 0.1) is 4.90 Å². The highest BCUT2D eigenvalue weighted by Crippen LogP contribution is 2.19. The molecule has 1 aromatic rings. The van der Waals surface area contributed by atoms with Crippen molar-refractivity contribution in [2.75, 3.05) is 20.3 Å². The zero-order chi connectivity index (χ0) is 16.1. The standard InChI is InChI=1S/C14H22N2O4S/c1-14(2,8-9-20-3)10-16-13(17)11-4-6-12(7-5-11)21(15,18)19/h4-7H,8-10H2,1-3H3,(H,16,17)(H2,15,18,19). The van der Waals surface area contributed by atoms with Crippen LogP contribution in [0.1, 0.15) is 30.6 Å². The predicted molar refractivity (Wildman–Crippen MR) is 80.4 cm³/mol. The van der Waals surface area contributed by atoms with Crippen molar-refractivity contribution in [3.63, 3.8) is 0 Å². The third-order valence-electron chi connectivity index (χ3n) is 3.16. The van der Waals surface area contributed by atoms with E-state index in [2.05, 4.69) is 5.32 Å². The maximum absolute atomic E-state index is 12.0. The fraction of sp³-hybridized carbons (Fsp3) is 0.500. The van der Waals surface area contributed by atoms with Crippen molar-refractivity contribution in [2.45, 2.75) is 25.2 Å². The Labute approximate surface area is 125 Å². The number of carbonyl (C=O) groups is 1. The Morgan fingerprint density at radius 1 is 1.29 bits per heavy atom. The minimum atomic E-state index is -3.74. The predicted octanol–water partition coefficient (Wildman–Crippen LogP) is 1.13. The molecule has 0 radical (unpaired) electrons. The van der Waals surface area contributed by atoms with Crippen molar-refractivity contribution in [1.29, 1.82) is 0 Å². The molecule has 0 spiro atoms. The monoisotopic (exact) mass is 314 g/mol. The first-order chi connectivity index (χ1) is 9.65. The van der Waals surface area contributed by atoms with Gasteiger partial charge in [0.25, 0.3) is 5.91 Å². The van der Waals surface area contributed by atoms with Gasteiger partial charge >= 0.3 is 0 Å². The number of nitrogens with two attached hydrogens (primary N) is 1. The number of nitrogens with one attached hydrogen (secondary N) is 1. The molecule has 7 heteroatoms. The third kappa shape index (κ3) is 5.82. The Balaban J connectivity index is 2.64. The highest BCUT2D eigenvalue weighted by atomic mass is 32.2. The number of hydrogen-bond donors (Lipinski definition) is 2. The number of sulfonamides is 1. The molecule has 0 aliphatic heterocycles. The van der Waals surface area contributed by atoms with E-state index < -0.39 is 10.0 Å². The molecule has 6 nitrogen and oxygen atoms in total. The smallest absolute Gasteiger partial charge is 0.251 e. The van der Waals surface area contributed by atoms with Crippen LogP contribution in [-0.2, 0) is 14.8 Å². The number of carbonyl (C=O) groups excluding carboxylic acids is 1. The molecule has 1 aromatic carbocycles. The molecule has 1 amide bonds. The van der Waals surface area contributed by atoms with Crippen LogP contribution in [0.3, 0.4) is 0 Å². The van der Waals surface area contributed by atoms with Gasteiger partial charge in [0.2, 0.25) is 10.0 Å². The third-order valence-corrected chi connectivity index (χ3v) is 4.08. The maximum atomic E-state index is 12.0. The highest BCUT2D eigenvalue weighted by molar-refractivity contribution is 7.89. The number of primary sulfonamides is 1. The summed E-state index contributed by atoms with van der Waals surface area (Å²) < 4.78 is 27.3. The summed E-state index contributed by atoms with van der Waals surface area (Å²) in [5, 5.41) is 7.84. The SMILES string of the molecule is COCCC(C)(C)CNC(=O)c1ccc(S(N)(=O)=O)cc1. The average molecular weight is 314 g/mol. The first-order valence-corrected chi connectivity index (χ1v) is 8.10. The minimum Gasteiger partial charge on any atom is -0.385 e. The second-order valence-electron chi connectivity index (χ2n) is 5.66. The molecule has 0 atom stereocenters. The first-order valence-electron chi connectivity index (χ1n) is 6.56. The summed E-state index contributed by atoms with van der Waals surface area (Å²) in [6.07, 6.45) is 0.828. The molecule has 0 saturated carbocycles. The van der Waals surface area contributed by atoms with E-state index in [4.69, 9.17) is 9.88 Å². The molecule has 0 saturated heterocycles. The summed E-state index contributed by atoms with van der Waals surface area (Å²) in [5.74, 6) is -0.249. The second kappa shape index (κ2) is 7.02. The van der Waals surface area contributed by atoms with Crippen molar-refractivity contribution in [2.24, 2.45) is 10.6 Å². The van der Waals surface area contributed by atoms with Crippen LogP contribution in [0.2, 0.25) is 0 Å². The lowest BCUT2D eigenvalue weighted by atomic mass is 9.89. The number of benzene rings is 1. The molecule has 0 aliphatic rings. The van der Waals surface area contributed by atoms with E-state index in [0.29, 0.717) is 18.7 Å². The fourth-order valence-electron chi connectivity index (χ4n) is 1.68. The molecule has 118 valence electrons. The van der Waals surface area contributed by atoms with E-state index in [1.807, 2.05) is 13.8 Å². The van der Waals surface area contributed by atoms with Crippen LogP contribution < -0.4 is 10.5 Å². The molecular weight excluding hydrogens is 292 g/mol. The van der Waals surface area contributed by atoms with Crippen molar-refractivity contribution in [3.05, 3.63) is 29.8 Å². The van der Waals surface area contributed by atoms with Crippen LogP contribution in [-0.4, -0.2) is 34.6 Å². The molecule has 21 heavy (non-hydrogen) atoms. The largest absolute Gasteiger partial charge is 0.385 e. The summed E-state index contributed by atoms with van der Waals surface area (Å²) in [5.41, 5.74) is 0.316. The van der Waals surface area contributed by atoms with Gasteiger partial charge in [-0.15, -0.1) is 0 Å². The Kier molecular flexibility index (Phi) is 5.88. The Morgan fingerprint density at radius 3 is 2.33 bits per heavy atom. The summed E-state index contributed by atoms with van der Waals surface area (Å²) in [6, 6.07) is 5.52. The summed E-state index contributed by atoms with van der Waals surface area (Å²) in [6.45, 7) is 5.21. The summed E-state index contributed by atoms with van der Waals surface area (Å²) in [7, 11) is -2.10. The first kappa shape index (κ1) is 17.6. The Hall–Kier alpha value is -1.44. The fourth-order valence-corrected chi connectivity index (χ4v) is 2.20. The summed E-state index contributed by atoms with van der Waals surface area (Å²) in [4.78, 5) is 12.0. The van der Waals surface area contributed by atoms with Gasteiger partial charge in [-0.1, -0.05) is 13.8 Å². The van der Waals surface area contributed by atoms with E-state index in [-0.39, 0.29) is 16.2 Å². The summed E-state index contributed by atoms with van der Waals surface area (Å²) >= 11 is 0. The van der Waals surface area contributed by atoms with Gasteiger partial charge in [-0.3, -0.25) is 4.79 Å². The lowest BCUT2D eigenvalue weighted by Crippen LogP contribution is -2.34. The normalized spacial score (nSPS) is 12.2. The lowest BCUT2D eigenvalue weighted by molar-refractivity contribution is 0.0921. The molecule has 0 unspecified atom stereocenters. The molecular formula is C14H22N2O4S. The van der Waals surface area contributed by atoms with E-state index >= 15 is 0 Å². The molecule has 0 aromatic heterocycles. The lowest BCUT2D eigenvalue weighted by Gasteiger charge is -2.24. The van der Waals surface area contributed by atoms with Gasteiger partial charge in [-0.05, 0) is 36.1 Å². The molecule has 0 bridgehead atoms. The van der Waals surface area contributed by atoms with Gasteiger partial charge < -0.3 is 10.1 Å². The van der Waals surface area contributed by atoms with E-state index in [0.717, 1.165) is 6.42 Å². The van der Waals surface area contributed by atoms with Crippen LogP contribution in [0.25, 0.3) is 0 Å². The molecule has 0 aliphatic carbocycles. The van der Waals surface area contributed by atoms with E-state index in [9.17, 15) is 13.2 Å². The zero-order valence-corrected chi connectivity index (χ0v) is 13.4. The van der Waals surface area contributed by atoms with Crippen molar-refractivity contribution < 1.29 is 17.9 Å². The number of methoxy groups -OCH3 is 1. The van der Waals surface area contributed by atoms with Gasteiger partial charge in [0, 0.05) is 25.8 Å². The number of amides is 1. The Morgan fingerprint density at radius 2 is 1.86 bits per heavy atom. The number of hydrogen-bond acceptors (Lipinski definition) is 4. The quantitative estimate of drug-likeness (QED) is 0.788.